The number of amides is 1. The second-order valence-corrected chi connectivity index (χ2v) is 4.70. The lowest BCUT2D eigenvalue weighted by Gasteiger charge is -2.14. The van der Waals surface area contributed by atoms with Crippen LogP contribution in [-0.4, -0.2) is 18.5 Å². The van der Waals surface area contributed by atoms with Crippen molar-refractivity contribution in [3.8, 4) is 0 Å². The van der Waals surface area contributed by atoms with Crippen LogP contribution in [0, 0.1) is 0 Å². The highest BCUT2D eigenvalue weighted by Gasteiger charge is 2.15. The highest BCUT2D eigenvalue weighted by atomic mass is 16.5. The maximum absolute atomic E-state index is 12.0. The molecule has 4 heteroatoms. The van der Waals surface area contributed by atoms with Crippen LogP contribution in [-0.2, 0) is 11.2 Å². The van der Waals surface area contributed by atoms with Gasteiger partial charge in [-0.25, -0.2) is 4.79 Å². The van der Waals surface area contributed by atoms with Crippen molar-refractivity contribution in [1.82, 2.24) is 0 Å². The minimum Gasteiger partial charge on any atom is -0.450 e. The Morgan fingerprint density at radius 3 is 2.84 bits per heavy atom. The van der Waals surface area contributed by atoms with Crippen LogP contribution >= 0.6 is 0 Å². The summed E-state index contributed by atoms with van der Waals surface area (Å²) in [5, 5.41) is 2.67. The van der Waals surface area contributed by atoms with Crippen LogP contribution in [0.15, 0.2) is 18.2 Å². The minimum absolute atomic E-state index is 0.206. The zero-order valence-corrected chi connectivity index (χ0v) is 11.2. The van der Waals surface area contributed by atoms with Crippen molar-refractivity contribution in [3.05, 3.63) is 29.3 Å². The molecule has 0 radical (unpaired) electrons. The molecule has 0 heterocycles. The van der Waals surface area contributed by atoms with Crippen LogP contribution in [0.4, 0.5) is 10.5 Å². The number of benzene rings is 1. The van der Waals surface area contributed by atoms with Gasteiger partial charge in [0, 0.05) is 17.7 Å². The van der Waals surface area contributed by atoms with Crippen LogP contribution in [0.25, 0.3) is 0 Å². The summed E-state index contributed by atoms with van der Waals surface area (Å²) in [4.78, 5) is 23.3. The molecule has 1 aliphatic carbocycles. The minimum atomic E-state index is -0.459. The van der Waals surface area contributed by atoms with Crippen molar-refractivity contribution in [2.24, 2.45) is 0 Å². The van der Waals surface area contributed by atoms with Crippen LogP contribution < -0.4 is 5.32 Å². The summed E-state index contributed by atoms with van der Waals surface area (Å²) in [6.45, 7) is 2.11. The lowest BCUT2D eigenvalue weighted by atomic mass is 9.92. The fraction of sp³-hybridized carbons (Fsp3) is 0.467. The van der Waals surface area contributed by atoms with Crippen LogP contribution in [0.2, 0.25) is 0 Å². The van der Waals surface area contributed by atoms with Crippen LogP contribution in [0.1, 0.15) is 48.5 Å². The highest BCUT2D eigenvalue weighted by molar-refractivity contribution is 5.98. The average Bonchev–Trinajstić information content (AvgIpc) is 2.36. The summed E-state index contributed by atoms with van der Waals surface area (Å²) in [6.07, 6.45) is 4.20. The Hall–Kier alpha value is -1.84. The molecule has 1 aliphatic rings. The van der Waals surface area contributed by atoms with Gasteiger partial charge in [-0.15, -0.1) is 0 Å². The zero-order valence-electron chi connectivity index (χ0n) is 11.2. The third-order valence-electron chi connectivity index (χ3n) is 3.28. The lowest BCUT2D eigenvalue weighted by Crippen LogP contribution is -2.14. The Morgan fingerprint density at radius 1 is 1.26 bits per heavy atom. The molecule has 2 rings (SSSR count). The Bertz CT molecular complexity index is 482. The van der Waals surface area contributed by atoms with Gasteiger partial charge >= 0.3 is 6.09 Å². The van der Waals surface area contributed by atoms with E-state index in [0.29, 0.717) is 18.7 Å². The molecule has 1 aromatic carbocycles. The largest absolute Gasteiger partial charge is 0.450 e. The third-order valence-corrected chi connectivity index (χ3v) is 3.28. The number of nitrogens with one attached hydrogen (secondary N) is 1. The van der Waals surface area contributed by atoms with E-state index in [1.54, 1.807) is 13.0 Å². The molecule has 0 aromatic heterocycles. The molecule has 1 N–H and O–H groups in total. The van der Waals surface area contributed by atoms with E-state index in [1.807, 2.05) is 12.1 Å². The molecule has 1 amide bonds. The maximum atomic E-state index is 12.0. The monoisotopic (exact) mass is 261 g/mol. The number of anilines is 1. The van der Waals surface area contributed by atoms with E-state index in [4.69, 9.17) is 4.74 Å². The van der Waals surface area contributed by atoms with Crippen LogP contribution in [0.5, 0.6) is 0 Å². The number of hydrogen-bond donors (Lipinski definition) is 1. The number of carbonyl (C=O) groups excluding carboxylic acids is 2. The molecule has 0 unspecified atom stereocenters. The Morgan fingerprint density at radius 2 is 2.05 bits per heavy atom. The molecular weight excluding hydrogens is 242 g/mol. The van der Waals surface area contributed by atoms with Gasteiger partial charge in [-0.1, -0.05) is 6.42 Å². The summed E-state index contributed by atoms with van der Waals surface area (Å²) in [5.74, 6) is 0.206. The van der Waals surface area contributed by atoms with Crippen LogP contribution in [0.3, 0.4) is 0 Å². The number of hydrogen-bond acceptors (Lipinski definition) is 3. The molecule has 0 spiro atoms. The van der Waals surface area contributed by atoms with E-state index >= 15 is 0 Å². The Kier molecular flexibility index (Phi) is 4.55. The number of aryl methyl sites for hydroxylation is 1. The van der Waals surface area contributed by atoms with E-state index in [0.717, 1.165) is 36.8 Å². The quantitative estimate of drug-likeness (QED) is 0.885. The molecule has 1 aromatic rings. The molecular formula is C15H19NO3. The van der Waals surface area contributed by atoms with Gasteiger partial charge in [0.25, 0.3) is 0 Å². The summed E-state index contributed by atoms with van der Waals surface area (Å²) < 4.78 is 4.84. The molecule has 0 fully saturated rings. The van der Waals surface area contributed by atoms with Gasteiger partial charge in [-0.2, -0.15) is 0 Å². The lowest BCUT2D eigenvalue weighted by molar-refractivity contribution is 0.0976. The van der Waals surface area contributed by atoms with Crippen molar-refractivity contribution < 1.29 is 14.3 Å². The van der Waals surface area contributed by atoms with Gasteiger partial charge < -0.3 is 4.74 Å². The fourth-order valence-corrected chi connectivity index (χ4v) is 2.35. The summed E-state index contributed by atoms with van der Waals surface area (Å²) in [7, 11) is 0. The van der Waals surface area contributed by atoms with E-state index in [1.165, 1.54) is 0 Å². The average molecular weight is 261 g/mol. The molecule has 4 nitrogen and oxygen atoms in total. The standard InChI is InChI=1S/C15H19NO3/c1-2-19-15(18)16-12-8-9-13-11(10-12)6-4-3-5-7-14(13)17/h8-10H,2-7H2,1H3,(H,16,18). The molecule has 0 bridgehead atoms. The first kappa shape index (κ1) is 13.6. The molecule has 0 aliphatic heterocycles. The molecule has 0 saturated heterocycles. The van der Waals surface area contributed by atoms with E-state index in [2.05, 4.69) is 5.32 Å². The molecule has 19 heavy (non-hydrogen) atoms. The number of Topliss-reactive ketones (excluding diaryl/α,β-unsaturated/α-hetero) is 1. The van der Waals surface area contributed by atoms with Crippen molar-refractivity contribution in [3.63, 3.8) is 0 Å². The highest BCUT2D eigenvalue weighted by Crippen LogP contribution is 2.23. The number of ketones is 1. The zero-order chi connectivity index (χ0) is 13.7. The predicted molar refractivity (Wildman–Crippen MR) is 73.6 cm³/mol. The van der Waals surface area contributed by atoms with E-state index in [9.17, 15) is 9.59 Å². The predicted octanol–water partition coefficient (Wildman–Crippen LogP) is 3.55. The number of fused-ring (bicyclic) bond motifs is 1. The molecule has 0 atom stereocenters. The number of carbonyl (C=O) groups is 2. The first-order valence-electron chi connectivity index (χ1n) is 6.80. The van der Waals surface area contributed by atoms with Gasteiger partial charge in [0.2, 0.25) is 0 Å². The SMILES string of the molecule is CCOC(=O)Nc1ccc2c(c1)CCCCCC2=O. The van der Waals surface area contributed by atoms with Crippen molar-refractivity contribution >= 4 is 17.6 Å². The Balaban J connectivity index is 2.18. The van der Waals surface area contributed by atoms with E-state index in [-0.39, 0.29) is 5.78 Å². The van der Waals surface area contributed by atoms with Crippen molar-refractivity contribution in [2.75, 3.05) is 11.9 Å². The summed E-state index contributed by atoms with van der Waals surface area (Å²) in [5.41, 5.74) is 2.51. The maximum Gasteiger partial charge on any atom is 0.411 e. The summed E-state index contributed by atoms with van der Waals surface area (Å²) >= 11 is 0. The van der Waals surface area contributed by atoms with E-state index < -0.39 is 6.09 Å². The first-order chi connectivity index (χ1) is 9.20. The van der Waals surface area contributed by atoms with Gasteiger partial charge in [-0.3, -0.25) is 10.1 Å². The van der Waals surface area contributed by atoms with Crippen molar-refractivity contribution in [2.45, 2.75) is 39.0 Å². The van der Waals surface area contributed by atoms with Gasteiger partial charge in [0.15, 0.2) is 5.78 Å². The van der Waals surface area contributed by atoms with Crippen molar-refractivity contribution in [1.29, 1.82) is 0 Å². The topological polar surface area (TPSA) is 55.4 Å². The second-order valence-electron chi connectivity index (χ2n) is 4.70. The molecule has 102 valence electrons. The fourth-order valence-electron chi connectivity index (χ4n) is 2.35. The normalized spacial score (nSPS) is 15.1. The third kappa shape index (κ3) is 3.56. The van der Waals surface area contributed by atoms with Gasteiger partial charge in [-0.05, 0) is 49.9 Å². The Labute approximate surface area is 113 Å². The smallest absolute Gasteiger partial charge is 0.411 e. The number of ether oxygens (including phenoxy) is 1. The molecule has 0 saturated carbocycles. The van der Waals surface area contributed by atoms with Gasteiger partial charge in [0.05, 0.1) is 6.61 Å². The first-order valence-corrected chi connectivity index (χ1v) is 6.80. The van der Waals surface area contributed by atoms with Gasteiger partial charge in [0.1, 0.15) is 0 Å². The number of rotatable bonds is 2. The summed E-state index contributed by atoms with van der Waals surface area (Å²) in [6, 6.07) is 5.45. The second kappa shape index (κ2) is 6.36.